The van der Waals surface area contributed by atoms with Crippen molar-refractivity contribution in [3.63, 3.8) is 0 Å². The van der Waals surface area contributed by atoms with Crippen LogP contribution in [0.15, 0.2) is 48.5 Å². The van der Waals surface area contributed by atoms with Gasteiger partial charge in [-0.05, 0) is 43.2 Å². The maximum atomic E-state index is 13.5. The van der Waals surface area contributed by atoms with Crippen LogP contribution in [0.3, 0.4) is 0 Å². The summed E-state index contributed by atoms with van der Waals surface area (Å²) in [6.45, 7) is 2.55. The molecule has 4 nitrogen and oxygen atoms in total. The molecule has 1 unspecified atom stereocenters. The molecule has 2 aromatic rings. The number of ether oxygens (including phenoxy) is 2. The summed E-state index contributed by atoms with van der Waals surface area (Å²) in [5.41, 5.74) is 0.665. The van der Waals surface area contributed by atoms with E-state index >= 15 is 0 Å². The van der Waals surface area contributed by atoms with E-state index in [0.29, 0.717) is 17.9 Å². The molecule has 0 aromatic heterocycles. The Kier molecular flexibility index (Phi) is 5.97. The maximum absolute atomic E-state index is 13.5. The van der Waals surface area contributed by atoms with Crippen LogP contribution < -0.4 is 9.47 Å². The Balaban J connectivity index is 1.99. The van der Waals surface area contributed by atoms with Gasteiger partial charge in [0.25, 0.3) is 0 Å². The molecule has 0 heterocycles. The minimum Gasteiger partial charge on any atom is -0.494 e. The zero-order valence-corrected chi connectivity index (χ0v) is 12.9. The molecule has 23 heavy (non-hydrogen) atoms. The van der Waals surface area contributed by atoms with E-state index in [1.165, 1.54) is 12.1 Å². The SMILES string of the molecule is CCOc1ccc(C(CCOc2ccccc2F)C(=O)O)cc1. The summed E-state index contributed by atoms with van der Waals surface area (Å²) in [6, 6.07) is 13.0. The number of aliphatic carboxylic acids is 1. The van der Waals surface area contributed by atoms with E-state index in [1.54, 1.807) is 36.4 Å². The lowest BCUT2D eigenvalue weighted by Crippen LogP contribution is -2.15. The van der Waals surface area contributed by atoms with Gasteiger partial charge in [0, 0.05) is 0 Å². The average Bonchev–Trinajstić information content (AvgIpc) is 2.54. The fourth-order valence-electron chi connectivity index (χ4n) is 2.24. The third kappa shape index (κ3) is 4.71. The molecule has 0 aliphatic heterocycles. The Morgan fingerprint density at radius 1 is 1.13 bits per heavy atom. The van der Waals surface area contributed by atoms with Crippen molar-refractivity contribution in [3.05, 3.63) is 59.9 Å². The molecule has 122 valence electrons. The van der Waals surface area contributed by atoms with E-state index in [4.69, 9.17) is 9.47 Å². The van der Waals surface area contributed by atoms with Crippen LogP contribution in [0.1, 0.15) is 24.8 Å². The number of carbonyl (C=O) groups is 1. The van der Waals surface area contributed by atoms with E-state index in [-0.39, 0.29) is 18.8 Å². The molecule has 0 aliphatic carbocycles. The first kappa shape index (κ1) is 16.8. The first-order valence-electron chi connectivity index (χ1n) is 7.44. The third-order valence-electron chi connectivity index (χ3n) is 3.39. The fourth-order valence-corrected chi connectivity index (χ4v) is 2.24. The molecule has 0 saturated heterocycles. The molecular formula is C18H19FO4. The highest BCUT2D eigenvalue weighted by molar-refractivity contribution is 5.76. The Hall–Kier alpha value is -2.56. The van der Waals surface area contributed by atoms with Crippen LogP contribution in [0.4, 0.5) is 4.39 Å². The van der Waals surface area contributed by atoms with Crippen molar-refractivity contribution >= 4 is 5.97 Å². The lowest BCUT2D eigenvalue weighted by Gasteiger charge is -2.14. The molecule has 0 saturated carbocycles. The number of para-hydroxylation sites is 1. The van der Waals surface area contributed by atoms with Crippen molar-refractivity contribution in [1.29, 1.82) is 0 Å². The van der Waals surface area contributed by atoms with Gasteiger partial charge in [0.05, 0.1) is 19.1 Å². The standard InChI is InChI=1S/C18H19FO4/c1-2-22-14-9-7-13(8-10-14)15(18(20)21)11-12-23-17-6-4-3-5-16(17)19/h3-10,15H,2,11-12H2,1H3,(H,20,21). The lowest BCUT2D eigenvalue weighted by atomic mass is 9.96. The summed E-state index contributed by atoms with van der Waals surface area (Å²) in [5.74, 6) is -1.28. The highest BCUT2D eigenvalue weighted by Gasteiger charge is 2.20. The molecule has 0 amide bonds. The second-order valence-corrected chi connectivity index (χ2v) is 4.96. The summed E-state index contributed by atoms with van der Waals surface area (Å²) in [5, 5.41) is 9.39. The molecule has 0 fully saturated rings. The van der Waals surface area contributed by atoms with Crippen LogP contribution in [0.5, 0.6) is 11.5 Å². The van der Waals surface area contributed by atoms with Gasteiger partial charge in [-0.2, -0.15) is 0 Å². The molecule has 0 aliphatic rings. The average molecular weight is 318 g/mol. The maximum Gasteiger partial charge on any atom is 0.311 e. The van der Waals surface area contributed by atoms with Gasteiger partial charge in [-0.1, -0.05) is 24.3 Å². The van der Waals surface area contributed by atoms with Crippen LogP contribution in [0.2, 0.25) is 0 Å². The Morgan fingerprint density at radius 2 is 1.83 bits per heavy atom. The monoisotopic (exact) mass is 318 g/mol. The number of hydrogen-bond donors (Lipinski definition) is 1. The normalized spacial score (nSPS) is 11.7. The van der Waals surface area contributed by atoms with Crippen LogP contribution in [0.25, 0.3) is 0 Å². The number of hydrogen-bond acceptors (Lipinski definition) is 3. The summed E-state index contributed by atoms with van der Waals surface area (Å²) < 4.78 is 24.1. The second-order valence-electron chi connectivity index (χ2n) is 4.96. The van der Waals surface area contributed by atoms with Gasteiger partial charge in [-0.25, -0.2) is 4.39 Å². The predicted octanol–water partition coefficient (Wildman–Crippen LogP) is 3.86. The quantitative estimate of drug-likeness (QED) is 0.803. The molecular weight excluding hydrogens is 299 g/mol. The first-order valence-corrected chi connectivity index (χ1v) is 7.44. The molecule has 2 aromatic carbocycles. The van der Waals surface area contributed by atoms with Gasteiger partial charge in [-0.3, -0.25) is 4.79 Å². The summed E-state index contributed by atoms with van der Waals surface area (Å²) in [4.78, 5) is 11.5. The van der Waals surface area contributed by atoms with Gasteiger partial charge in [-0.15, -0.1) is 0 Å². The van der Waals surface area contributed by atoms with Gasteiger partial charge >= 0.3 is 5.97 Å². The van der Waals surface area contributed by atoms with Crippen LogP contribution in [-0.2, 0) is 4.79 Å². The zero-order chi connectivity index (χ0) is 16.7. The van der Waals surface area contributed by atoms with E-state index in [2.05, 4.69) is 0 Å². The van der Waals surface area contributed by atoms with Crippen molar-refractivity contribution in [2.45, 2.75) is 19.3 Å². The fraction of sp³-hybridized carbons (Fsp3) is 0.278. The van der Waals surface area contributed by atoms with Gasteiger partial charge < -0.3 is 14.6 Å². The minimum absolute atomic E-state index is 0.116. The van der Waals surface area contributed by atoms with Gasteiger partial charge in [0.2, 0.25) is 0 Å². The van der Waals surface area contributed by atoms with Crippen LogP contribution in [0, 0.1) is 5.82 Å². The zero-order valence-electron chi connectivity index (χ0n) is 12.9. The Morgan fingerprint density at radius 3 is 2.43 bits per heavy atom. The number of benzene rings is 2. The smallest absolute Gasteiger partial charge is 0.311 e. The molecule has 5 heteroatoms. The summed E-state index contributed by atoms with van der Waals surface area (Å²) in [7, 11) is 0. The van der Waals surface area contributed by atoms with E-state index in [0.717, 1.165) is 0 Å². The lowest BCUT2D eigenvalue weighted by molar-refractivity contribution is -0.139. The minimum atomic E-state index is -0.939. The van der Waals surface area contributed by atoms with Gasteiger partial charge in [0.1, 0.15) is 5.75 Å². The van der Waals surface area contributed by atoms with Crippen molar-refractivity contribution in [2.24, 2.45) is 0 Å². The molecule has 0 spiro atoms. The van der Waals surface area contributed by atoms with Crippen LogP contribution >= 0.6 is 0 Å². The molecule has 2 rings (SSSR count). The summed E-state index contributed by atoms with van der Waals surface area (Å²) >= 11 is 0. The third-order valence-corrected chi connectivity index (χ3v) is 3.39. The van der Waals surface area contributed by atoms with E-state index in [1.807, 2.05) is 6.92 Å². The number of carboxylic acids is 1. The predicted molar refractivity (Wildman–Crippen MR) is 84.5 cm³/mol. The molecule has 1 N–H and O–H groups in total. The second kappa shape index (κ2) is 8.17. The Labute approximate surface area is 134 Å². The summed E-state index contributed by atoms with van der Waals surface area (Å²) in [6.07, 6.45) is 0.248. The largest absolute Gasteiger partial charge is 0.494 e. The van der Waals surface area contributed by atoms with Crippen molar-refractivity contribution < 1.29 is 23.8 Å². The molecule has 0 radical (unpaired) electrons. The molecule has 1 atom stereocenters. The highest BCUT2D eigenvalue weighted by atomic mass is 19.1. The van der Waals surface area contributed by atoms with Crippen LogP contribution in [-0.4, -0.2) is 24.3 Å². The van der Waals surface area contributed by atoms with Crippen molar-refractivity contribution in [1.82, 2.24) is 0 Å². The van der Waals surface area contributed by atoms with Crippen molar-refractivity contribution in [2.75, 3.05) is 13.2 Å². The first-order chi connectivity index (χ1) is 11.1. The topological polar surface area (TPSA) is 55.8 Å². The molecule has 0 bridgehead atoms. The number of rotatable bonds is 8. The van der Waals surface area contributed by atoms with E-state index in [9.17, 15) is 14.3 Å². The van der Waals surface area contributed by atoms with Gasteiger partial charge in [0.15, 0.2) is 11.6 Å². The highest BCUT2D eigenvalue weighted by Crippen LogP contribution is 2.24. The van der Waals surface area contributed by atoms with E-state index < -0.39 is 17.7 Å². The Bertz CT molecular complexity index is 640. The van der Waals surface area contributed by atoms with Crippen molar-refractivity contribution in [3.8, 4) is 11.5 Å². The number of carboxylic acid groups (broad SMARTS) is 1. The number of halogens is 1.